The van der Waals surface area contributed by atoms with Crippen LogP contribution in [0.15, 0.2) is 0 Å². The zero-order chi connectivity index (χ0) is 7.56. The zero-order valence-corrected chi connectivity index (χ0v) is 6.26. The molecule has 0 spiro atoms. The van der Waals surface area contributed by atoms with Crippen LogP contribution in [0.25, 0.3) is 0 Å². The average molecular weight is 147 g/mol. The first kappa shape index (κ1) is 7.95. The number of hydrogen-bond acceptors (Lipinski definition) is 2. The van der Waals surface area contributed by atoms with E-state index in [2.05, 4.69) is 0 Å². The van der Waals surface area contributed by atoms with Gasteiger partial charge in [0.15, 0.2) is 0 Å². The third kappa shape index (κ3) is 1.47. The Morgan fingerprint density at radius 1 is 1.80 bits per heavy atom. The van der Waals surface area contributed by atoms with Gasteiger partial charge in [-0.25, -0.2) is 4.39 Å². The van der Waals surface area contributed by atoms with Gasteiger partial charge in [-0.3, -0.25) is 0 Å². The lowest BCUT2D eigenvalue weighted by Crippen LogP contribution is -2.37. The number of rotatable bonds is 2. The summed E-state index contributed by atoms with van der Waals surface area (Å²) in [6.45, 7) is 0.372. The first-order chi connectivity index (χ1) is 4.75. The van der Waals surface area contributed by atoms with Crippen molar-refractivity contribution < 1.29 is 9.50 Å². The van der Waals surface area contributed by atoms with Crippen molar-refractivity contribution in [1.82, 2.24) is 4.90 Å². The van der Waals surface area contributed by atoms with Crippen molar-refractivity contribution in [3.63, 3.8) is 0 Å². The monoisotopic (exact) mass is 147 g/mol. The van der Waals surface area contributed by atoms with E-state index in [4.69, 9.17) is 5.11 Å². The Kier molecular flexibility index (Phi) is 2.63. The molecule has 1 N–H and O–H groups in total. The molecule has 0 aromatic heterocycles. The quantitative estimate of drug-likeness (QED) is 0.611. The molecule has 2 atom stereocenters. The van der Waals surface area contributed by atoms with Gasteiger partial charge in [-0.15, -0.1) is 0 Å². The number of aliphatic hydroxyl groups is 1. The van der Waals surface area contributed by atoms with Gasteiger partial charge in [-0.1, -0.05) is 0 Å². The van der Waals surface area contributed by atoms with E-state index in [1.54, 1.807) is 0 Å². The highest BCUT2D eigenvalue weighted by atomic mass is 19.1. The van der Waals surface area contributed by atoms with Crippen molar-refractivity contribution in [3.8, 4) is 0 Å². The lowest BCUT2D eigenvalue weighted by Gasteiger charge is -2.22. The van der Waals surface area contributed by atoms with E-state index in [0.29, 0.717) is 0 Å². The number of likely N-dealkylation sites (tertiary alicyclic amines) is 1. The summed E-state index contributed by atoms with van der Waals surface area (Å²) in [5, 5.41) is 9.11. The second-order valence-corrected chi connectivity index (χ2v) is 2.91. The SMILES string of the molecule is CN1CCC[C@H]1[C@@H](O)CF. The fourth-order valence-corrected chi connectivity index (χ4v) is 1.53. The predicted molar refractivity (Wildman–Crippen MR) is 37.6 cm³/mol. The van der Waals surface area contributed by atoms with Gasteiger partial charge in [0.25, 0.3) is 0 Å². The minimum Gasteiger partial charge on any atom is -0.389 e. The highest BCUT2D eigenvalue weighted by Gasteiger charge is 2.27. The van der Waals surface area contributed by atoms with Crippen LogP contribution < -0.4 is 0 Å². The van der Waals surface area contributed by atoms with Crippen molar-refractivity contribution >= 4 is 0 Å². The molecular formula is C7H14FNO. The molecule has 60 valence electrons. The fourth-order valence-electron chi connectivity index (χ4n) is 1.53. The van der Waals surface area contributed by atoms with E-state index in [9.17, 15) is 4.39 Å². The van der Waals surface area contributed by atoms with Gasteiger partial charge < -0.3 is 10.0 Å². The Balaban J connectivity index is 2.38. The van der Waals surface area contributed by atoms with E-state index in [0.717, 1.165) is 19.4 Å². The topological polar surface area (TPSA) is 23.5 Å². The lowest BCUT2D eigenvalue weighted by atomic mass is 10.1. The standard InChI is InChI=1S/C7H14FNO/c1-9-4-2-3-6(9)7(10)5-8/h6-7,10H,2-5H2,1H3/t6-,7-/m0/s1. The number of likely N-dealkylation sites (N-methyl/N-ethyl adjacent to an activating group) is 1. The molecule has 0 unspecified atom stereocenters. The van der Waals surface area contributed by atoms with Crippen LogP contribution in [-0.4, -0.2) is 42.4 Å². The molecule has 0 aromatic rings. The van der Waals surface area contributed by atoms with E-state index in [1.807, 2.05) is 11.9 Å². The van der Waals surface area contributed by atoms with Crippen LogP contribution in [-0.2, 0) is 0 Å². The Morgan fingerprint density at radius 3 is 2.90 bits per heavy atom. The summed E-state index contributed by atoms with van der Waals surface area (Å²) in [6.07, 6.45) is 1.24. The average Bonchev–Trinajstić information content (AvgIpc) is 2.34. The van der Waals surface area contributed by atoms with Crippen molar-refractivity contribution in [1.29, 1.82) is 0 Å². The maximum atomic E-state index is 11.9. The number of nitrogens with zero attached hydrogens (tertiary/aromatic N) is 1. The molecule has 1 saturated heterocycles. The van der Waals surface area contributed by atoms with Gasteiger partial charge >= 0.3 is 0 Å². The molecule has 0 radical (unpaired) electrons. The summed E-state index contributed by atoms with van der Waals surface area (Å²) in [6, 6.07) is 0.0602. The van der Waals surface area contributed by atoms with Crippen molar-refractivity contribution in [3.05, 3.63) is 0 Å². The van der Waals surface area contributed by atoms with Crippen LogP contribution in [0.4, 0.5) is 4.39 Å². The maximum absolute atomic E-state index is 11.9. The van der Waals surface area contributed by atoms with Crippen LogP contribution in [0.3, 0.4) is 0 Å². The van der Waals surface area contributed by atoms with E-state index < -0.39 is 12.8 Å². The predicted octanol–water partition coefficient (Wildman–Crippen LogP) is 0.411. The Bertz CT molecular complexity index is 110. The van der Waals surface area contributed by atoms with Crippen LogP contribution in [0.1, 0.15) is 12.8 Å². The molecule has 0 aliphatic carbocycles. The second kappa shape index (κ2) is 3.30. The second-order valence-electron chi connectivity index (χ2n) is 2.91. The van der Waals surface area contributed by atoms with Gasteiger partial charge in [0.1, 0.15) is 6.67 Å². The number of alkyl halides is 1. The molecule has 1 aliphatic rings. The Morgan fingerprint density at radius 2 is 2.50 bits per heavy atom. The molecule has 10 heavy (non-hydrogen) atoms. The third-order valence-electron chi connectivity index (χ3n) is 2.18. The summed E-state index contributed by atoms with van der Waals surface area (Å²) < 4.78 is 11.9. The van der Waals surface area contributed by atoms with Crippen molar-refractivity contribution in [2.24, 2.45) is 0 Å². The van der Waals surface area contributed by atoms with E-state index in [-0.39, 0.29) is 6.04 Å². The molecule has 0 saturated carbocycles. The van der Waals surface area contributed by atoms with Crippen LogP contribution in [0.5, 0.6) is 0 Å². The van der Waals surface area contributed by atoms with Crippen molar-refractivity contribution in [2.45, 2.75) is 25.0 Å². The van der Waals surface area contributed by atoms with Gasteiger partial charge in [0.2, 0.25) is 0 Å². The van der Waals surface area contributed by atoms with Gasteiger partial charge in [0.05, 0.1) is 6.10 Å². The molecule has 3 heteroatoms. The number of halogens is 1. The largest absolute Gasteiger partial charge is 0.389 e. The molecule has 0 aromatic carbocycles. The molecule has 1 fully saturated rings. The number of hydrogen-bond donors (Lipinski definition) is 1. The fraction of sp³-hybridized carbons (Fsp3) is 1.00. The molecular weight excluding hydrogens is 133 g/mol. The zero-order valence-electron chi connectivity index (χ0n) is 6.26. The molecule has 2 nitrogen and oxygen atoms in total. The highest BCUT2D eigenvalue weighted by Crippen LogP contribution is 2.17. The Hall–Kier alpha value is -0.150. The summed E-state index contributed by atoms with van der Waals surface area (Å²) in [7, 11) is 1.93. The van der Waals surface area contributed by atoms with Crippen molar-refractivity contribution in [2.75, 3.05) is 20.3 Å². The van der Waals surface area contributed by atoms with Gasteiger partial charge in [-0.2, -0.15) is 0 Å². The van der Waals surface area contributed by atoms with Crippen LogP contribution in [0, 0.1) is 0 Å². The number of aliphatic hydroxyl groups excluding tert-OH is 1. The molecule has 1 heterocycles. The third-order valence-corrected chi connectivity index (χ3v) is 2.18. The molecule has 1 rings (SSSR count). The van der Waals surface area contributed by atoms with E-state index in [1.165, 1.54) is 0 Å². The Labute approximate surface area is 60.6 Å². The molecule has 0 bridgehead atoms. The highest BCUT2D eigenvalue weighted by molar-refractivity contribution is 4.82. The molecule has 0 amide bonds. The smallest absolute Gasteiger partial charge is 0.117 e. The van der Waals surface area contributed by atoms with Gasteiger partial charge in [0, 0.05) is 6.04 Å². The summed E-state index contributed by atoms with van der Waals surface area (Å²) in [5.74, 6) is 0. The van der Waals surface area contributed by atoms with E-state index >= 15 is 0 Å². The first-order valence-corrected chi connectivity index (χ1v) is 3.70. The lowest BCUT2D eigenvalue weighted by molar-refractivity contribution is 0.0639. The minimum absolute atomic E-state index is 0.0602. The summed E-state index contributed by atoms with van der Waals surface area (Å²) in [4.78, 5) is 2.02. The van der Waals surface area contributed by atoms with Crippen LogP contribution in [0.2, 0.25) is 0 Å². The normalized spacial score (nSPS) is 30.9. The summed E-state index contributed by atoms with van der Waals surface area (Å²) in [5.41, 5.74) is 0. The van der Waals surface area contributed by atoms with Gasteiger partial charge in [-0.05, 0) is 26.4 Å². The minimum atomic E-state index is -0.771. The first-order valence-electron chi connectivity index (χ1n) is 3.70. The summed E-state index contributed by atoms with van der Waals surface area (Å²) >= 11 is 0. The maximum Gasteiger partial charge on any atom is 0.117 e. The molecule has 1 aliphatic heterocycles. The van der Waals surface area contributed by atoms with Crippen LogP contribution >= 0.6 is 0 Å².